The van der Waals surface area contributed by atoms with Crippen molar-refractivity contribution in [3.63, 3.8) is 0 Å². The number of anilines is 1. The minimum atomic E-state index is 0.115. The van der Waals surface area contributed by atoms with Gasteiger partial charge in [-0.3, -0.25) is 0 Å². The Morgan fingerprint density at radius 3 is 2.14 bits per heavy atom. The second-order valence-electron chi connectivity index (χ2n) is 3.70. The Morgan fingerprint density at radius 2 is 1.52 bits per heavy atom. The van der Waals surface area contributed by atoms with Gasteiger partial charge in [0, 0.05) is 13.1 Å². The van der Waals surface area contributed by atoms with Crippen molar-refractivity contribution in [2.45, 2.75) is 0 Å². The number of halogens is 2. The first-order chi connectivity index (χ1) is 10.1. The van der Waals surface area contributed by atoms with Gasteiger partial charge in [0.1, 0.15) is 11.5 Å². The van der Waals surface area contributed by atoms with Gasteiger partial charge < -0.3 is 19.5 Å². The molecule has 2 rings (SSSR count). The summed E-state index contributed by atoms with van der Waals surface area (Å²) in [5.74, 6) is 1.55. The second-order valence-corrected chi connectivity index (χ2v) is 5.41. The van der Waals surface area contributed by atoms with Gasteiger partial charge in [0.2, 0.25) is 5.95 Å². The van der Waals surface area contributed by atoms with Crippen molar-refractivity contribution in [1.82, 2.24) is 15.0 Å². The maximum atomic E-state index is 5.66. The number of rotatable bonds is 5. The van der Waals surface area contributed by atoms with Crippen molar-refractivity contribution < 1.29 is 14.2 Å². The van der Waals surface area contributed by atoms with Crippen LogP contribution in [0.1, 0.15) is 0 Å². The average molecular weight is 420 g/mol. The number of aromatic nitrogens is 3. The van der Waals surface area contributed by atoms with E-state index in [0.717, 1.165) is 4.47 Å². The number of methoxy groups -OCH3 is 2. The molecule has 1 N–H and O–H groups in total. The quantitative estimate of drug-likeness (QED) is 0.796. The van der Waals surface area contributed by atoms with E-state index in [2.05, 4.69) is 52.1 Å². The summed E-state index contributed by atoms with van der Waals surface area (Å²) in [7, 11) is 4.75. The SMILES string of the molecule is CNc1nc(OC)nc(Oc2cc(Br)c(OC)cc2Br)n1. The van der Waals surface area contributed by atoms with Crippen molar-refractivity contribution in [3.05, 3.63) is 21.1 Å². The Kier molecular flexibility index (Phi) is 5.18. The van der Waals surface area contributed by atoms with Crippen molar-refractivity contribution in [3.8, 4) is 23.5 Å². The molecule has 0 unspecified atom stereocenters. The van der Waals surface area contributed by atoms with Gasteiger partial charge in [-0.25, -0.2) is 0 Å². The highest BCUT2D eigenvalue weighted by molar-refractivity contribution is 9.11. The average Bonchev–Trinajstić information content (AvgIpc) is 2.50. The van der Waals surface area contributed by atoms with Gasteiger partial charge in [0.05, 0.1) is 23.2 Å². The Balaban J connectivity index is 2.35. The zero-order chi connectivity index (χ0) is 15.4. The van der Waals surface area contributed by atoms with Gasteiger partial charge in [-0.1, -0.05) is 0 Å². The number of nitrogens with zero attached hydrogens (tertiary/aromatic N) is 3. The van der Waals surface area contributed by atoms with Crippen molar-refractivity contribution in [2.24, 2.45) is 0 Å². The third-order valence-corrected chi connectivity index (χ3v) is 3.65. The van der Waals surface area contributed by atoms with Crippen LogP contribution in [0.5, 0.6) is 23.5 Å². The zero-order valence-electron chi connectivity index (χ0n) is 11.5. The largest absolute Gasteiger partial charge is 0.496 e. The highest BCUT2D eigenvalue weighted by atomic mass is 79.9. The predicted molar refractivity (Wildman–Crippen MR) is 84.4 cm³/mol. The summed E-state index contributed by atoms with van der Waals surface area (Å²) in [5.41, 5.74) is 0. The summed E-state index contributed by atoms with van der Waals surface area (Å²) < 4.78 is 17.3. The predicted octanol–water partition coefficient (Wildman–Crippen LogP) is 3.25. The standard InChI is InChI=1S/C12H12Br2N4O3/c1-15-10-16-11(20-3)18-12(17-10)21-9-5-6(13)8(19-2)4-7(9)14/h4-5H,1-3H3,(H,15,16,17,18). The van der Waals surface area contributed by atoms with Crippen LogP contribution in [-0.4, -0.2) is 36.2 Å². The molecule has 1 aromatic heterocycles. The lowest BCUT2D eigenvalue weighted by atomic mass is 10.3. The molecule has 1 aromatic carbocycles. The van der Waals surface area contributed by atoms with E-state index in [0.29, 0.717) is 21.9 Å². The van der Waals surface area contributed by atoms with E-state index in [1.165, 1.54) is 7.11 Å². The zero-order valence-corrected chi connectivity index (χ0v) is 14.6. The van der Waals surface area contributed by atoms with Crippen molar-refractivity contribution in [1.29, 1.82) is 0 Å². The molecule has 0 aliphatic rings. The van der Waals surface area contributed by atoms with E-state index in [1.54, 1.807) is 26.3 Å². The molecule has 112 valence electrons. The second kappa shape index (κ2) is 6.90. The van der Waals surface area contributed by atoms with Crippen LogP contribution in [-0.2, 0) is 0 Å². The molecular formula is C12H12Br2N4O3. The molecule has 0 atom stereocenters. The fraction of sp³-hybridized carbons (Fsp3) is 0.250. The van der Waals surface area contributed by atoms with Gasteiger partial charge in [0.25, 0.3) is 0 Å². The van der Waals surface area contributed by atoms with E-state index >= 15 is 0 Å². The minimum Gasteiger partial charge on any atom is -0.496 e. The first kappa shape index (κ1) is 15.8. The Labute approximate surface area is 138 Å². The summed E-state index contributed by atoms with van der Waals surface area (Å²) in [6.45, 7) is 0. The molecular weight excluding hydrogens is 408 g/mol. The van der Waals surface area contributed by atoms with Crippen LogP contribution in [0.4, 0.5) is 5.95 Å². The summed E-state index contributed by atoms with van der Waals surface area (Å²) in [5, 5.41) is 2.81. The van der Waals surface area contributed by atoms with Crippen molar-refractivity contribution >= 4 is 37.8 Å². The lowest BCUT2D eigenvalue weighted by Crippen LogP contribution is -2.03. The van der Waals surface area contributed by atoms with E-state index < -0.39 is 0 Å². The maximum absolute atomic E-state index is 5.66. The lowest BCUT2D eigenvalue weighted by molar-refractivity contribution is 0.359. The van der Waals surface area contributed by atoms with Crippen LogP contribution in [0.2, 0.25) is 0 Å². The van der Waals surface area contributed by atoms with Crippen LogP contribution in [0, 0.1) is 0 Å². The molecule has 0 amide bonds. The number of ether oxygens (including phenoxy) is 3. The van der Waals surface area contributed by atoms with E-state index in [1.807, 2.05) is 0 Å². The summed E-state index contributed by atoms with van der Waals surface area (Å²) in [6.07, 6.45) is 0. The van der Waals surface area contributed by atoms with E-state index in [9.17, 15) is 0 Å². The maximum Gasteiger partial charge on any atom is 0.330 e. The van der Waals surface area contributed by atoms with E-state index in [-0.39, 0.29) is 12.0 Å². The minimum absolute atomic E-state index is 0.115. The van der Waals surface area contributed by atoms with Gasteiger partial charge in [0.15, 0.2) is 0 Å². The molecule has 7 nitrogen and oxygen atoms in total. The smallest absolute Gasteiger partial charge is 0.330 e. The number of benzene rings is 1. The van der Waals surface area contributed by atoms with Gasteiger partial charge >= 0.3 is 12.0 Å². The van der Waals surface area contributed by atoms with Crippen molar-refractivity contribution in [2.75, 3.05) is 26.6 Å². The molecule has 0 spiro atoms. The molecule has 9 heteroatoms. The molecule has 0 radical (unpaired) electrons. The van der Waals surface area contributed by atoms with Crippen LogP contribution >= 0.6 is 31.9 Å². The first-order valence-corrected chi connectivity index (χ1v) is 7.34. The van der Waals surface area contributed by atoms with Gasteiger partial charge in [-0.05, 0) is 37.9 Å². The lowest BCUT2D eigenvalue weighted by Gasteiger charge is -2.10. The molecule has 21 heavy (non-hydrogen) atoms. The molecule has 0 fully saturated rings. The topological polar surface area (TPSA) is 78.4 Å². The monoisotopic (exact) mass is 418 g/mol. The molecule has 0 aliphatic heterocycles. The Bertz CT molecular complexity index is 632. The van der Waals surface area contributed by atoms with Crippen LogP contribution in [0.25, 0.3) is 0 Å². The summed E-state index contributed by atoms with van der Waals surface area (Å²) in [6, 6.07) is 3.80. The highest BCUT2D eigenvalue weighted by Crippen LogP contribution is 2.37. The number of hydrogen-bond donors (Lipinski definition) is 1. The van der Waals surface area contributed by atoms with Gasteiger partial charge in [-0.2, -0.15) is 9.97 Å². The van der Waals surface area contributed by atoms with Gasteiger partial charge in [-0.15, -0.1) is 4.98 Å². The first-order valence-electron chi connectivity index (χ1n) is 5.76. The Morgan fingerprint density at radius 1 is 0.905 bits per heavy atom. The molecule has 0 aliphatic carbocycles. The number of nitrogens with one attached hydrogen (secondary N) is 1. The molecule has 1 heterocycles. The molecule has 0 saturated heterocycles. The third kappa shape index (κ3) is 3.73. The van der Waals surface area contributed by atoms with Crippen LogP contribution in [0.15, 0.2) is 21.1 Å². The number of hydrogen-bond acceptors (Lipinski definition) is 7. The molecule has 0 saturated carbocycles. The Hall–Kier alpha value is -1.61. The fourth-order valence-electron chi connectivity index (χ4n) is 1.43. The third-order valence-electron chi connectivity index (χ3n) is 2.41. The molecule has 0 bridgehead atoms. The molecule has 2 aromatic rings. The fourth-order valence-corrected chi connectivity index (χ4v) is 2.32. The van der Waals surface area contributed by atoms with Crippen LogP contribution in [0.3, 0.4) is 0 Å². The van der Waals surface area contributed by atoms with E-state index in [4.69, 9.17) is 14.2 Å². The summed E-state index contributed by atoms with van der Waals surface area (Å²) >= 11 is 6.80. The highest BCUT2D eigenvalue weighted by Gasteiger charge is 2.13. The summed E-state index contributed by atoms with van der Waals surface area (Å²) in [4.78, 5) is 12.1. The normalized spacial score (nSPS) is 10.1. The van der Waals surface area contributed by atoms with Crippen LogP contribution < -0.4 is 19.5 Å².